The largest absolute Gasteiger partial charge is 0.370 e. The van der Waals surface area contributed by atoms with Gasteiger partial charge in [0.15, 0.2) is 0 Å². The Morgan fingerprint density at radius 2 is 1.90 bits per heavy atom. The topological polar surface area (TPSA) is 49.8 Å². The van der Waals surface area contributed by atoms with Gasteiger partial charge in [-0.2, -0.15) is 0 Å². The van der Waals surface area contributed by atoms with Crippen molar-refractivity contribution < 1.29 is 4.39 Å². The fraction of sp³-hybridized carbons (Fsp3) is 0.333. The maximum Gasteiger partial charge on any atom is 0.134 e. The normalized spacial score (nSPS) is 10.3. The summed E-state index contributed by atoms with van der Waals surface area (Å²) in [4.78, 5) is 8.45. The van der Waals surface area contributed by atoms with Crippen LogP contribution in [0.4, 0.5) is 16.0 Å². The van der Waals surface area contributed by atoms with Gasteiger partial charge >= 0.3 is 0 Å². The first-order chi connectivity index (χ1) is 9.70. The molecule has 0 amide bonds. The molecule has 0 bridgehead atoms. The molecule has 0 atom stereocenters. The lowest BCUT2D eigenvalue weighted by Crippen LogP contribution is -2.09. The van der Waals surface area contributed by atoms with E-state index in [-0.39, 0.29) is 5.82 Å². The van der Waals surface area contributed by atoms with E-state index in [1.54, 1.807) is 6.07 Å². The first-order valence-corrected chi connectivity index (χ1v) is 6.74. The van der Waals surface area contributed by atoms with Crippen molar-refractivity contribution in [3.63, 3.8) is 0 Å². The van der Waals surface area contributed by atoms with Crippen molar-refractivity contribution in [3.8, 4) is 0 Å². The third kappa shape index (κ3) is 3.66. The van der Waals surface area contributed by atoms with E-state index in [1.165, 1.54) is 18.5 Å². The summed E-state index contributed by atoms with van der Waals surface area (Å²) < 4.78 is 13.1. The molecule has 1 heterocycles. The van der Waals surface area contributed by atoms with Gasteiger partial charge in [-0.05, 0) is 31.0 Å². The number of halogens is 1. The van der Waals surface area contributed by atoms with Crippen LogP contribution in [0.2, 0.25) is 0 Å². The van der Waals surface area contributed by atoms with Gasteiger partial charge in [-0.25, -0.2) is 14.4 Å². The number of nitrogens with zero attached hydrogens (tertiary/aromatic N) is 2. The molecule has 0 fully saturated rings. The summed E-state index contributed by atoms with van der Waals surface area (Å²) in [5, 5.41) is 6.47. The van der Waals surface area contributed by atoms with E-state index >= 15 is 0 Å². The molecule has 1 aromatic carbocycles. The van der Waals surface area contributed by atoms with Gasteiger partial charge in [0.1, 0.15) is 23.8 Å². The smallest absolute Gasteiger partial charge is 0.134 e. The molecule has 0 aliphatic carbocycles. The highest BCUT2D eigenvalue weighted by molar-refractivity contribution is 5.56. The van der Waals surface area contributed by atoms with Gasteiger partial charge in [-0.3, -0.25) is 0 Å². The van der Waals surface area contributed by atoms with Gasteiger partial charge < -0.3 is 10.6 Å². The van der Waals surface area contributed by atoms with Crippen LogP contribution in [0.5, 0.6) is 0 Å². The molecule has 0 spiro atoms. The fourth-order valence-corrected chi connectivity index (χ4v) is 1.88. The minimum absolute atomic E-state index is 0.228. The highest BCUT2D eigenvalue weighted by Gasteiger charge is 2.06. The van der Waals surface area contributed by atoms with E-state index in [2.05, 4.69) is 27.5 Å². The van der Waals surface area contributed by atoms with Crippen LogP contribution in [-0.4, -0.2) is 16.5 Å². The molecule has 0 aliphatic rings. The average molecular weight is 274 g/mol. The number of nitrogens with one attached hydrogen (secondary N) is 2. The van der Waals surface area contributed by atoms with E-state index in [4.69, 9.17) is 0 Å². The SMILES string of the molecule is CCCNc1ncnc(NCc2cccc(F)c2)c1C. The zero-order valence-corrected chi connectivity index (χ0v) is 11.8. The second-order valence-electron chi connectivity index (χ2n) is 4.61. The van der Waals surface area contributed by atoms with Crippen molar-refractivity contribution in [2.75, 3.05) is 17.2 Å². The molecule has 0 aliphatic heterocycles. The summed E-state index contributed by atoms with van der Waals surface area (Å²) in [6, 6.07) is 6.53. The zero-order chi connectivity index (χ0) is 14.4. The third-order valence-corrected chi connectivity index (χ3v) is 2.98. The van der Waals surface area contributed by atoms with Gasteiger partial charge in [0.2, 0.25) is 0 Å². The highest BCUT2D eigenvalue weighted by Crippen LogP contribution is 2.18. The van der Waals surface area contributed by atoms with Crippen molar-refractivity contribution in [3.05, 3.63) is 47.5 Å². The minimum Gasteiger partial charge on any atom is -0.370 e. The summed E-state index contributed by atoms with van der Waals surface area (Å²) in [6.07, 6.45) is 2.56. The molecule has 0 saturated carbocycles. The first-order valence-electron chi connectivity index (χ1n) is 6.74. The van der Waals surface area contributed by atoms with Gasteiger partial charge in [0, 0.05) is 18.7 Å². The van der Waals surface area contributed by atoms with Crippen molar-refractivity contribution in [1.82, 2.24) is 9.97 Å². The van der Waals surface area contributed by atoms with Gasteiger partial charge in [0.25, 0.3) is 0 Å². The monoisotopic (exact) mass is 274 g/mol. The van der Waals surface area contributed by atoms with Crippen molar-refractivity contribution in [1.29, 1.82) is 0 Å². The molecule has 1 aromatic heterocycles. The number of benzene rings is 1. The van der Waals surface area contributed by atoms with Crippen LogP contribution in [0.3, 0.4) is 0 Å². The summed E-state index contributed by atoms with van der Waals surface area (Å²) in [5.74, 6) is 1.38. The molecular formula is C15H19FN4. The maximum atomic E-state index is 13.1. The lowest BCUT2D eigenvalue weighted by molar-refractivity contribution is 0.626. The summed E-state index contributed by atoms with van der Waals surface area (Å²) in [6.45, 7) is 5.47. The molecule has 0 unspecified atom stereocenters. The van der Waals surface area contributed by atoms with Gasteiger partial charge in [0.05, 0.1) is 0 Å². The predicted molar refractivity (Wildman–Crippen MR) is 79.3 cm³/mol. The molecule has 2 rings (SSSR count). The molecule has 0 radical (unpaired) electrons. The van der Waals surface area contributed by atoms with Crippen molar-refractivity contribution >= 4 is 11.6 Å². The highest BCUT2D eigenvalue weighted by atomic mass is 19.1. The van der Waals surface area contributed by atoms with Crippen LogP contribution >= 0.6 is 0 Å². The van der Waals surface area contributed by atoms with Crippen molar-refractivity contribution in [2.45, 2.75) is 26.8 Å². The third-order valence-electron chi connectivity index (χ3n) is 2.98. The quantitative estimate of drug-likeness (QED) is 0.848. The Bertz CT molecular complexity index is 572. The second kappa shape index (κ2) is 6.84. The summed E-state index contributed by atoms with van der Waals surface area (Å²) >= 11 is 0. The number of hydrogen-bond donors (Lipinski definition) is 2. The van der Waals surface area contributed by atoms with Crippen molar-refractivity contribution in [2.24, 2.45) is 0 Å². The summed E-state index contributed by atoms with van der Waals surface area (Å²) in [7, 11) is 0. The first kappa shape index (κ1) is 14.2. The lowest BCUT2D eigenvalue weighted by Gasteiger charge is -2.12. The average Bonchev–Trinajstić information content (AvgIpc) is 2.45. The van der Waals surface area contributed by atoms with Crippen LogP contribution in [0, 0.1) is 12.7 Å². The Hall–Kier alpha value is -2.17. The van der Waals surface area contributed by atoms with Crippen LogP contribution in [0.25, 0.3) is 0 Å². The zero-order valence-electron chi connectivity index (χ0n) is 11.8. The fourth-order valence-electron chi connectivity index (χ4n) is 1.88. The molecule has 4 nitrogen and oxygen atoms in total. The minimum atomic E-state index is -0.228. The number of anilines is 2. The second-order valence-corrected chi connectivity index (χ2v) is 4.61. The predicted octanol–water partition coefficient (Wildman–Crippen LogP) is 3.36. The number of aromatic nitrogens is 2. The number of rotatable bonds is 6. The Kier molecular flexibility index (Phi) is 4.87. The molecule has 5 heteroatoms. The summed E-state index contributed by atoms with van der Waals surface area (Å²) in [5.41, 5.74) is 1.85. The lowest BCUT2D eigenvalue weighted by atomic mass is 10.2. The standard InChI is InChI=1S/C15H19FN4/c1-3-7-17-14-11(2)15(20-10-19-14)18-9-12-5-4-6-13(16)8-12/h4-6,8,10H,3,7,9H2,1-2H3,(H2,17,18,19,20). The molecule has 2 aromatic rings. The number of hydrogen-bond acceptors (Lipinski definition) is 4. The molecule has 20 heavy (non-hydrogen) atoms. The van der Waals surface area contributed by atoms with Crippen LogP contribution in [-0.2, 0) is 6.54 Å². The van der Waals surface area contributed by atoms with Crippen LogP contribution in [0.15, 0.2) is 30.6 Å². The molecular weight excluding hydrogens is 255 g/mol. The van der Waals surface area contributed by atoms with E-state index in [9.17, 15) is 4.39 Å². The van der Waals surface area contributed by atoms with Gasteiger partial charge in [-0.15, -0.1) is 0 Å². The van der Waals surface area contributed by atoms with E-state index in [1.807, 2.05) is 13.0 Å². The Morgan fingerprint density at radius 1 is 1.15 bits per heavy atom. The van der Waals surface area contributed by atoms with Crippen LogP contribution < -0.4 is 10.6 Å². The van der Waals surface area contributed by atoms with Gasteiger partial charge in [-0.1, -0.05) is 19.1 Å². The van der Waals surface area contributed by atoms with E-state index in [0.717, 1.165) is 35.7 Å². The van der Waals surface area contributed by atoms with E-state index in [0.29, 0.717) is 6.54 Å². The maximum absolute atomic E-state index is 13.1. The molecule has 106 valence electrons. The Morgan fingerprint density at radius 3 is 2.60 bits per heavy atom. The molecule has 2 N–H and O–H groups in total. The molecule has 0 saturated heterocycles. The Balaban J connectivity index is 2.06. The van der Waals surface area contributed by atoms with E-state index < -0.39 is 0 Å². The Labute approximate surface area is 118 Å². The van der Waals surface area contributed by atoms with Crippen LogP contribution in [0.1, 0.15) is 24.5 Å².